The fourth-order valence-corrected chi connectivity index (χ4v) is 2.72. The number of halogens is 1. The van der Waals surface area contributed by atoms with Gasteiger partial charge >= 0.3 is 6.09 Å². The molecule has 0 aliphatic rings. The third-order valence-corrected chi connectivity index (χ3v) is 4.27. The van der Waals surface area contributed by atoms with Crippen LogP contribution in [-0.2, 0) is 16.1 Å². The minimum Gasteiger partial charge on any atom is -0.444 e. The molecule has 6 heteroatoms. The lowest BCUT2D eigenvalue weighted by Crippen LogP contribution is -2.44. The first-order valence-electron chi connectivity index (χ1n) is 8.67. The van der Waals surface area contributed by atoms with Gasteiger partial charge in [-0.15, -0.1) is 0 Å². The molecule has 0 radical (unpaired) electrons. The van der Waals surface area contributed by atoms with Crippen LogP contribution in [0.15, 0.2) is 40.9 Å². The standard InChI is InChI=1S/C20H29BrN2O3/c1-7-22(12-15(2)3)18(24)14-23(19(25)26-20(4,5)6)13-16-10-8-9-11-17(16)21/h8-11H,2,7,12-14H2,1,3-6H3. The number of carbonyl (C=O) groups excluding carboxylic acids is 2. The molecule has 5 nitrogen and oxygen atoms in total. The zero-order chi connectivity index (χ0) is 19.9. The van der Waals surface area contributed by atoms with Crippen LogP contribution in [0.1, 0.15) is 40.2 Å². The van der Waals surface area contributed by atoms with Gasteiger partial charge < -0.3 is 9.64 Å². The van der Waals surface area contributed by atoms with Crippen molar-refractivity contribution in [3.05, 3.63) is 46.5 Å². The number of ether oxygens (including phenoxy) is 1. The minimum atomic E-state index is -0.631. The van der Waals surface area contributed by atoms with Crippen molar-refractivity contribution in [1.29, 1.82) is 0 Å². The van der Waals surface area contributed by atoms with E-state index in [2.05, 4.69) is 22.5 Å². The van der Waals surface area contributed by atoms with Crippen LogP contribution in [0, 0.1) is 0 Å². The van der Waals surface area contributed by atoms with Crippen molar-refractivity contribution in [2.24, 2.45) is 0 Å². The number of rotatable bonds is 7. The van der Waals surface area contributed by atoms with Gasteiger partial charge in [0.2, 0.25) is 5.91 Å². The molecule has 0 bridgehead atoms. The summed E-state index contributed by atoms with van der Waals surface area (Å²) in [5.41, 5.74) is 1.18. The van der Waals surface area contributed by atoms with Crippen molar-refractivity contribution in [3.63, 3.8) is 0 Å². The third kappa shape index (κ3) is 7.60. The smallest absolute Gasteiger partial charge is 0.411 e. The van der Waals surface area contributed by atoms with Gasteiger partial charge in [-0.25, -0.2) is 4.79 Å². The molecule has 26 heavy (non-hydrogen) atoms. The van der Waals surface area contributed by atoms with E-state index in [0.717, 1.165) is 15.6 Å². The van der Waals surface area contributed by atoms with Crippen LogP contribution >= 0.6 is 15.9 Å². The van der Waals surface area contributed by atoms with Crippen LogP contribution in [0.3, 0.4) is 0 Å². The first-order valence-corrected chi connectivity index (χ1v) is 9.46. The highest BCUT2D eigenvalue weighted by Gasteiger charge is 2.26. The monoisotopic (exact) mass is 424 g/mol. The van der Waals surface area contributed by atoms with E-state index in [4.69, 9.17) is 4.74 Å². The molecule has 1 rings (SSSR count). The molecule has 0 saturated carbocycles. The Morgan fingerprint density at radius 2 is 1.77 bits per heavy atom. The summed E-state index contributed by atoms with van der Waals surface area (Å²) in [5.74, 6) is -0.131. The number of likely N-dealkylation sites (N-methyl/N-ethyl adjacent to an activating group) is 1. The summed E-state index contributed by atoms with van der Waals surface area (Å²) in [6.07, 6.45) is -0.506. The van der Waals surface area contributed by atoms with Gasteiger partial charge in [0.15, 0.2) is 0 Å². The largest absolute Gasteiger partial charge is 0.444 e. The Kier molecular flexibility index (Phi) is 8.34. The molecule has 144 valence electrons. The van der Waals surface area contributed by atoms with E-state index in [1.54, 1.807) is 4.90 Å². The van der Waals surface area contributed by atoms with Crippen molar-refractivity contribution in [2.75, 3.05) is 19.6 Å². The highest BCUT2D eigenvalue weighted by molar-refractivity contribution is 9.10. The summed E-state index contributed by atoms with van der Waals surface area (Å²) >= 11 is 3.49. The second-order valence-electron chi connectivity index (χ2n) is 7.29. The maximum Gasteiger partial charge on any atom is 0.411 e. The highest BCUT2D eigenvalue weighted by Crippen LogP contribution is 2.19. The van der Waals surface area contributed by atoms with E-state index in [9.17, 15) is 9.59 Å². The van der Waals surface area contributed by atoms with Crippen LogP contribution in [0.25, 0.3) is 0 Å². The zero-order valence-electron chi connectivity index (χ0n) is 16.3. The van der Waals surface area contributed by atoms with E-state index in [1.807, 2.05) is 58.9 Å². The highest BCUT2D eigenvalue weighted by atomic mass is 79.9. The number of amides is 2. The second-order valence-corrected chi connectivity index (χ2v) is 8.15. The molecule has 2 amide bonds. The fraction of sp³-hybridized carbons (Fsp3) is 0.500. The Hall–Kier alpha value is -1.82. The molecule has 1 aromatic rings. The van der Waals surface area contributed by atoms with E-state index in [1.165, 1.54) is 4.90 Å². The summed E-state index contributed by atoms with van der Waals surface area (Å²) in [4.78, 5) is 28.5. The normalized spacial score (nSPS) is 11.0. The van der Waals surface area contributed by atoms with E-state index in [0.29, 0.717) is 13.1 Å². The lowest BCUT2D eigenvalue weighted by Gasteiger charge is -2.29. The predicted molar refractivity (Wildman–Crippen MR) is 108 cm³/mol. The summed E-state index contributed by atoms with van der Waals surface area (Å²) in [6.45, 7) is 14.4. The predicted octanol–water partition coefficient (Wildman–Crippen LogP) is 4.61. The van der Waals surface area contributed by atoms with Crippen molar-refractivity contribution < 1.29 is 14.3 Å². The number of benzene rings is 1. The zero-order valence-corrected chi connectivity index (χ0v) is 17.9. The van der Waals surface area contributed by atoms with Gasteiger partial charge in [-0.3, -0.25) is 9.69 Å². The second kappa shape index (κ2) is 9.76. The molecule has 0 unspecified atom stereocenters. The number of hydrogen-bond acceptors (Lipinski definition) is 3. The van der Waals surface area contributed by atoms with Gasteiger partial charge in [-0.05, 0) is 46.2 Å². The van der Waals surface area contributed by atoms with Gasteiger partial charge in [0.25, 0.3) is 0 Å². The average Bonchev–Trinajstić information content (AvgIpc) is 2.51. The van der Waals surface area contributed by atoms with Gasteiger partial charge in [0.1, 0.15) is 12.1 Å². The summed E-state index contributed by atoms with van der Waals surface area (Å²) in [5, 5.41) is 0. The Labute approximate surface area is 165 Å². The van der Waals surface area contributed by atoms with E-state index >= 15 is 0 Å². The minimum absolute atomic E-state index is 0.0443. The van der Waals surface area contributed by atoms with Crippen LogP contribution < -0.4 is 0 Å². The Morgan fingerprint density at radius 3 is 2.27 bits per heavy atom. The Bertz CT molecular complexity index is 653. The SMILES string of the molecule is C=C(C)CN(CC)C(=O)CN(Cc1ccccc1Br)C(=O)OC(C)(C)C. The number of nitrogens with zero attached hydrogens (tertiary/aromatic N) is 2. The quantitative estimate of drug-likeness (QED) is 0.600. The van der Waals surface area contributed by atoms with Crippen molar-refractivity contribution in [1.82, 2.24) is 9.80 Å². The Morgan fingerprint density at radius 1 is 1.15 bits per heavy atom. The van der Waals surface area contributed by atoms with Gasteiger partial charge in [-0.1, -0.05) is 46.3 Å². The Balaban J connectivity index is 2.99. The molecular weight excluding hydrogens is 396 g/mol. The van der Waals surface area contributed by atoms with Crippen LogP contribution in [0.4, 0.5) is 4.79 Å². The molecule has 1 aromatic carbocycles. The van der Waals surface area contributed by atoms with E-state index < -0.39 is 11.7 Å². The molecule has 0 atom stereocenters. The lowest BCUT2D eigenvalue weighted by molar-refractivity contribution is -0.132. The number of hydrogen-bond donors (Lipinski definition) is 0. The maximum absolute atomic E-state index is 12.7. The first-order chi connectivity index (χ1) is 12.0. The lowest BCUT2D eigenvalue weighted by atomic mass is 10.2. The number of carbonyl (C=O) groups is 2. The van der Waals surface area contributed by atoms with Gasteiger partial charge in [0.05, 0.1) is 6.54 Å². The fourth-order valence-electron chi connectivity index (χ4n) is 2.31. The molecule has 0 saturated heterocycles. The molecule has 0 aromatic heterocycles. The van der Waals surface area contributed by atoms with Gasteiger partial charge in [0, 0.05) is 17.6 Å². The van der Waals surface area contributed by atoms with Crippen molar-refractivity contribution in [3.8, 4) is 0 Å². The van der Waals surface area contributed by atoms with Crippen LogP contribution in [0.5, 0.6) is 0 Å². The summed E-state index contributed by atoms with van der Waals surface area (Å²) in [6, 6.07) is 7.62. The summed E-state index contributed by atoms with van der Waals surface area (Å²) in [7, 11) is 0. The molecule has 0 aliphatic heterocycles. The van der Waals surface area contributed by atoms with Crippen molar-refractivity contribution in [2.45, 2.75) is 46.8 Å². The molecule has 0 fully saturated rings. The molecule has 0 heterocycles. The van der Waals surface area contributed by atoms with Crippen molar-refractivity contribution >= 4 is 27.9 Å². The average molecular weight is 425 g/mol. The first kappa shape index (κ1) is 22.2. The maximum atomic E-state index is 12.7. The van der Waals surface area contributed by atoms with Crippen LogP contribution in [0.2, 0.25) is 0 Å². The van der Waals surface area contributed by atoms with Crippen LogP contribution in [-0.4, -0.2) is 47.0 Å². The molecule has 0 aliphatic carbocycles. The summed E-state index contributed by atoms with van der Waals surface area (Å²) < 4.78 is 6.38. The topological polar surface area (TPSA) is 49.9 Å². The molecular formula is C20H29BrN2O3. The third-order valence-electron chi connectivity index (χ3n) is 3.49. The van der Waals surface area contributed by atoms with E-state index in [-0.39, 0.29) is 19.0 Å². The van der Waals surface area contributed by atoms with Gasteiger partial charge in [-0.2, -0.15) is 0 Å². The molecule has 0 spiro atoms. The molecule has 0 N–H and O–H groups in total.